The van der Waals surface area contributed by atoms with E-state index in [0.717, 1.165) is 44.2 Å². The van der Waals surface area contributed by atoms with Crippen LogP contribution in [0.25, 0.3) is 0 Å². The van der Waals surface area contributed by atoms with Gasteiger partial charge in [-0.1, -0.05) is 12.1 Å². The van der Waals surface area contributed by atoms with E-state index in [1.54, 1.807) is 6.07 Å². The highest BCUT2D eigenvalue weighted by molar-refractivity contribution is 5.76. The second kappa shape index (κ2) is 12.4. The molecule has 200 valence electrons. The van der Waals surface area contributed by atoms with E-state index in [9.17, 15) is 14.3 Å². The number of hydrogen-bond donors (Lipinski definition) is 1. The molecule has 0 saturated carbocycles. The van der Waals surface area contributed by atoms with E-state index < -0.39 is 23.9 Å². The number of fused-ring (bicyclic) bond motifs is 1. The first-order valence-electron chi connectivity index (χ1n) is 13.6. The Kier molecular flexibility index (Phi) is 8.81. The van der Waals surface area contributed by atoms with Gasteiger partial charge in [-0.15, -0.1) is 0 Å². The average molecular weight is 513 g/mol. The molecule has 2 saturated heterocycles. The zero-order valence-electron chi connectivity index (χ0n) is 21.4. The molecule has 0 spiro atoms. The third-order valence-corrected chi connectivity index (χ3v) is 7.70. The van der Waals surface area contributed by atoms with Gasteiger partial charge in [-0.2, -0.15) is 0 Å². The molecule has 1 unspecified atom stereocenters. The third-order valence-electron chi connectivity index (χ3n) is 7.70. The Morgan fingerprint density at radius 2 is 2.08 bits per heavy atom. The van der Waals surface area contributed by atoms with Crippen LogP contribution in [0.15, 0.2) is 30.3 Å². The number of likely N-dealkylation sites (tertiary alicyclic amines) is 1. The molecule has 2 fully saturated rings. The fraction of sp³-hybridized carbons (Fsp3) is 0.586. The minimum absolute atomic E-state index is 0.0324. The van der Waals surface area contributed by atoms with Gasteiger partial charge in [0, 0.05) is 31.1 Å². The largest absolute Gasteiger partial charge is 0.480 e. The number of aromatic nitrogens is 1. The van der Waals surface area contributed by atoms with Crippen molar-refractivity contribution < 1.29 is 28.5 Å². The van der Waals surface area contributed by atoms with Gasteiger partial charge in [0.2, 0.25) is 0 Å². The predicted octanol–water partition coefficient (Wildman–Crippen LogP) is 4.43. The summed E-state index contributed by atoms with van der Waals surface area (Å²) in [6.07, 6.45) is 7.97. The summed E-state index contributed by atoms with van der Waals surface area (Å²) < 4.78 is 31.7. The normalized spacial score (nSPS) is 23.1. The van der Waals surface area contributed by atoms with Gasteiger partial charge in [-0.3, -0.25) is 14.7 Å². The summed E-state index contributed by atoms with van der Waals surface area (Å²) in [6.45, 7) is 2.99. The van der Waals surface area contributed by atoms with Crippen LogP contribution in [-0.4, -0.2) is 66.6 Å². The van der Waals surface area contributed by atoms with Crippen LogP contribution in [0, 0.1) is 5.82 Å². The van der Waals surface area contributed by atoms with Crippen molar-refractivity contribution >= 4 is 5.97 Å². The lowest BCUT2D eigenvalue weighted by Crippen LogP contribution is -2.35. The first kappa shape index (κ1) is 26.2. The number of carboxylic acids is 1. The van der Waals surface area contributed by atoms with Crippen molar-refractivity contribution in [1.29, 1.82) is 0 Å². The van der Waals surface area contributed by atoms with Gasteiger partial charge in [-0.25, -0.2) is 4.39 Å². The molecule has 7 nitrogen and oxygen atoms in total. The maximum Gasteiger partial charge on any atom is 0.325 e. The van der Waals surface area contributed by atoms with Crippen molar-refractivity contribution in [2.24, 2.45) is 0 Å². The Labute approximate surface area is 217 Å². The minimum Gasteiger partial charge on any atom is -0.480 e. The highest BCUT2D eigenvalue weighted by Gasteiger charge is 2.37. The zero-order chi connectivity index (χ0) is 25.6. The van der Waals surface area contributed by atoms with Crippen LogP contribution in [0.3, 0.4) is 0 Å². The van der Waals surface area contributed by atoms with Crippen LogP contribution in [0.1, 0.15) is 72.3 Å². The first-order chi connectivity index (χ1) is 18.1. The summed E-state index contributed by atoms with van der Waals surface area (Å²) >= 11 is 0. The Morgan fingerprint density at radius 1 is 1.19 bits per heavy atom. The smallest absolute Gasteiger partial charge is 0.325 e. The second-order valence-electron chi connectivity index (χ2n) is 10.3. The second-order valence-corrected chi connectivity index (χ2v) is 10.3. The molecule has 3 aliphatic rings. The Morgan fingerprint density at radius 3 is 2.92 bits per heavy atom. The molecule has 0 radical (unpaired) electrons. The molecule has 8 heteroatoms. The predicted molar refractivity (Wildman–Crippen MR) is 136 cm³/mol. The molecule has 1 aliphatic carbocycles. The van der Waals surface area contributed by atoms with Gasteiger partial charge in [-0.05, 0) is 86.3 Å². The maximum absolute atomic E-state index is 14.2. The molecule has 3 heterocycles. The Balaban J connectivity index is 1.13. The summed E-state index contributed by atoms with van der Waals surface area (Å²) in [5, 5.41) is 10.1. The summed E-state index contributed by atoms with van der Waals surface area (Å²) in [5.41, 5.74) is 4.96. The van der Waals surface area contributed by atoms with Crippen molar-refractivity contribution in [3.8, 4) is 0 Å². The number of aryl methyl sites for hydroxylation is 3. The van der Waals surface area contributed by atoms with Crippen LogP contribution in [-0.2, 0) is 38.3 Å². The molecule has 2 aromatic rings. The minimum atomic E-state index is -0.998. The number of pyridine rings is 1. The van der Waals surface area contributed by atoms with E-state index >= 15 is 0 Å². The number of ether oxygens (including phenoxy) is 3. The molecule has 1 N–H and O–H groups in total. The number of carbonyl (C=O) groups is 1. The number of aliphatic carboxylic acids is 1. The number of halogens is 1. The Hall–Kier alpha value is -2.39. The van der Waals surface area contributed by atoms with Crippen molar-refractivity contribution in [1.82, 2.24) is 9.88 Å². The number of nitrogens with zero attached hydrogens (tertiary/aromatic N) is 2. The Bertz CT molecular complexity index is 1070. The summed E-state index contributed by atoms with van der Waals surface area (Å²) in [7, 11) is 0. The SMILES string of the molecule is O=C(O)[C@@H](c1cc(F)ccc1C1COCCO1)N1CC[C@@H](OCCCCc2ccc3c(n2)CCCC3)C1. The van der Waals surface area contributed by atoms with Crippen molar-refractivity contribution in [2.45, 2.75) is 69.6 Å². The van der Waals surface area contributed by atoms with E-state index in [2.05, 4.69) is 12.1 Å². The highest BCUT2D eigenvalue weighted by Crippen LogP contribution is 2.34. The van der Waals surface area contributed by atoms with E-state index in [-0.39, 0.29) is 6.10 Å². The van der Waals surface area contributed by atoms with Crippen molar-refractivity contribution in [2.75, 3.05) is 39.5 Å². The summed E-state index contributed by atoms with van der Waals surface area (Å²) in [5.74, 6) is -1.45. The van der Waals surface area contributed by atoms with E-state index in [1.807, 2.05) is 4.90 Å². The molecule has 5 rings (SSSR count). The lowest BCUT2D eigenvalue weighted by Gasteiger charge is -2.30. The number of hydrogen-bond acceptors (Lipinski definition) is 6. The van der Waals surface area contributed by atoms with Crippen LogP contribution >= 0.6 is 0 Å². The van der Waals surface area contributed by atoms with Crippen molar-refractivity contribution in [3.05, 3.63) is 64.2 Å². The number of rotatable bonds is 10. The molecule has 3 atom stereocenters. The van der Waals surface area contributed by atoms with Gasteiger partial charge >= 0.3 is 5.97 Å². The first-order valence-corrected chi connectivity index (χ1v) is 13.6. The number of unbranched alkanes of at least 4 members (excludes halogenated alkanes) is 1. The van der Waals surface area contributed by atoms with Gasteiger partial charge < -0.3 is 19.3 Å². The van der Waals surface area contributed by atoms with Crippen molar-refractivity contribution in [3.63, 3.8) is 0 Å². The van der Waals surface area contributed by atoms with Gasteiger partial charge in [0.15, 0.2) is 0 Å². The van der Waals surface area contributed by atoms with Gasteiger partial charge in [0.1, 0.15) is 18.0 Å². The highest BCUT2D eigenvalue weighted by atomic mass is 19.1. The number of carboxylic acid groups (broad SMARTS) is 1. The fourth-order valence-corrected chi connectivity index (χ4v) is 5.78. The van der Waals surface area contributed by atoms with E-state index in [0.29, 0.717) is 50.6 Å². The van der Waals surface area contributed by atoms with E-state index in [4.69, 9.17) is 19.2 Å². The molecule has 37 heavy (non-hydrogen) atoms. The van der Waals surface area contributed by atoms with Gasteiger partial charge in [0.05, 0.1) is 25.9 Å². The molecule has 2 aliphatic heterocycles. The lowest BCUT2D eigenvalue weighted by atomic mass is 9.95. The molecular weight excluding hydrogens is 475 g/mol. The van der Waals surface area contributed by atoms with E-state index in [1.165, 1.54) is 36.2 Å². The lowest BCUT2D eigenvalue weighted by molar-refractivity contribution is -0.143. The van der Waals surface area contributed by atoms with Gasteiger partial charge in [0.25, 0.3) is 0 Å². The number of benzene rings is 1. The average Bonchev–Trinajstić information content (AvgIpc) is 3.37. The van der Waals surface area contributed by atoms with Crippen LogP contribution in [0.2, 0.25) is 0 Å². The maximum atomic E-state index is 14.2. The fourth-order valence-electron chi connectivity index (χ4n) is 5.78. The molecule has 1 aromatic carbocycles. The van der Waals surface area contributed by atoms with Crippen LogP contribution < -0.4 is 0 Å². The molecule has 1 aromatic heterocycles. The molecule has 0 bridgehead atoms. The summed E-state index contributed by atoms with van der Waals surface area (Å²) in [6, 6.07) is 7.76. The monoisotopic (exact) mass is 512 g/mol. The third kappa shape index (κ3) is 6.55. The zero-order valence-corrected chi connectivity index (χ0v) is 21.4. The summed E-state index contributed by atoms with van der Waals surface area (Å²) in [4.78, 5) is 19.1. The molecule has 0 amide bonds. The molecular formula is C29H37FN2O5. The standard InChI is InChI=1S/C29H37FN2O5/c30-21-9-11-24(27-19-35-15-16-37-27)25(17-21)28(29(33)34)32-13-12-23(18-32)36-14-4-3-6-22-10-8-20-5-1-2-7-26(20)31-22/h8-11,17,23,27-28H,1-7,12-16,18-19H2,(H,33,34)/t23-,27?,28-/m1/s1. The topological polar surface area (TPSA) is 81.1 Å². The van der Waals surface area contributed by atoms with Crippen LogP contribution in [0.4, 0.5) is 4.39 Å². The quantitative estimate of drug-likeness (QED) is 0.472. The van der Waals surface area contributed by atoms with Crippen LogP contribution in [0.5, 0.6) is 0 Å².